The number of anilines is 1. The van der Waals surface area contributed by atoms with Gasteiger partial charge >= 0.3 is 6.03 Å². The number of rotatable bonds is 6. The molecule has 8 nitrogen and oxygen atoms in total. The molecule has 0 bridgehead atoms. The Balaban J connectivity index is 1.34. The van der Waals surface area contributed by atoms with Gasteiger partial charge in [0.1, 0.15) is 5.52 Å². The minimum Gasteiger partial charge on any atom is -0.350 e. The van der Waals surface area contributed by atoms with Crippen molar-refractivity contribution < 1.29 is 9.59 Å². The van der Waals surface area contributed by atoms with Crippen molar-refractivity contribution in [1.29, 1.82) is 0 Å². The van der Waals surface area contributed by atoms with Crippen LogP contribution in [0.4, 0.5) is 10.5 Å². The summed E-state index contributed by atoms with van der Waals surface area (Å²) in [5.41, 5.74) is 2.71. The molecule has 0 aliphatic rings. The molecule has 0 aliphatic heterocycles. The third-order valence-electron chi connectivity index (χ3n) is 4.81. The van der Waals surface area contributed by atoms with E-state index >= 15 is 0 Å². The monoisotopic (exact) mass is 416 g/mol. The van der Waals surface area contributed by atoms with E-state index in [1.807, 2.05) is 62.4 Å². The van der Waals surface area contributed by atoms with Crippen molar-refractivity contribution in [2.75, 3.05) is 11.9 Å². The molecule has 31 heavy (non-hydrogen) atoms. The predicted octanol–water partition coefficient (Wildman–Crippen LogP) is 3.54. The van der Waals surface area contributed by atoms with Gasteiger partial charge in [0.05, 0.1) is 12.1 Å². The predicted molar refractivity (Wildman–Crippen MR) is 121 cm³/mol. The third-order valence-corrected chi connectivity index (χ3v) is 4.81. The summed E-state index contributed by atoms with van der Waals surface area (Å²) in [6.07, 6.45) is 0. The molecular weight excluding hydrogens is 392 g/mol. The number of hydrogen-bond donors (Lipinski definition) is 3. The number of aromatic nitrogens is 3. The van der Waals surface area contributed by atoms with Crippen LogP contribution in [0.25, 0.3) is 21.8 Å². The molecule has 0 radical (unpaired) electrons. The molecule has 0 fully saturated rings. The van der Waals surface area contributed by atoms with Gasteiger partial charge in [0, 0.05) is 23.8 Å². The molecule has 0 unspecified atom stereocenters. The fourth-order valence-corrected chi connectivity index (χ4v) is 3.34. The molecule has 1 heterocycles. The van der Waals surface area contributed by atoms with Crippen molar-refractivity contribution in [2.24, 2.45) is 0 Å². The molecular formula is C23H24N6O2. The lowest BCUT2D eigenvalue weighted by Gasteiger charge is -2.09. The molecule has 4 aromatic rings. The van der Waals surface area contributed by atoms with Crippen LogP contribution in [0.2, 0.25) is 0 Å². The molecule has 3 N–H and O–H groups in total. The lowest BCUT2D eigenvalue weighted by molar-refractivity contribution is 0.0943. The summed E-state index contributed by atoms with van der Waals surface area (Å²) in [5, 5.41) is 19.0. The number of urea groups is 1. The largest absolute Gasteiger partial charge is 0.350 e. The average Bonchev–Trinajstić information content (AvgIpc) is 3.15. The van der Waals surface area contributed by atoms with E-state index in [0.717, 1.165) is 22.0 Å². The first-order chi connectivity index (χ1) is 15.0. The Kier molecular flexibility index (Phi) is 5.79. The van der Waals surface area contributed by atoms with Crippen LogP contribution in [0.15, 0.2) is 60.7 Å². The number of carbonyl (C=O) groups excluding carboxylic acids is 2. The number of hydrogen-bond acceptors (Lipinski definition) is 4. The van der Waals surface area contributed by atoms with Crippen LogP contribution in [0.1, 0.15) is 24.2 Å². The second kappa shape index (κ2) is 8.83. The fraction of sp³-hybridized carbons (Fsp3) is 0.217. The maximum atomic E-state index is 12.2. The maximum Gasteiger partial charge on any atom is 0.319 e. The Morgan fingerprint density at radius 3 is 2.61 bits per heavy atom. The normalized spacial score (nSPS) is 11.1. The zero-order valence-electron chi connectivity index (χ0n) is 17.4. The highest BCUT2D eigenvalue weighted by molar-refractivity contribution is 5.97. The highest BCUT2D eigenvalue weighted by atomic mass is 16.2. The van der Waals surface area contributed by atoms with Gasteiger partial charge in [0.15, 0.2) is 0 Å². The Morgan fingerprint density at radius 1 is 1.00 bits per heavy atom. The van der Waals surface area contributed by atoms with Crippen molar-refractivity contribution >= 4 is 39.4 Å². The van der Waals surface area contributed by atoms with Gasteiger partial charge in [0.25, 0.3) is 5.91 Å². The van der Waals surface area contributed by atoms with Crippen LogP contribution in [-0.4, -0.2) is 39.5 Å². The van der Waals surface area contributed by atoms with Crippen molar-refractivity contribution in [3.63, 3.8) is 0 Å². The van der Waals surface area contributed by atoms with Gasteiger partial charge in [-0.05, 0) is 55.0 Å². The number of nitrogens with zero attached hydrogens (tertiary/aromatic N) is 3. The summed E-state index contributed by atoms with van der Waals surface area (Å²) in [6.45, 7) is 4.67. The van der Waals surface area contributed by atoms with E-state index in [1.165, 1.54) is 0 Å². The quantitative estimate of drug-likeness (QED) is 0.447. The minimum absolute atomic E-state index is 0.0608. The summed E-state index contributed by atoms with van der Waals surface area (Å²) in [7, 11) is 0. The molecule has 0 spiro atoms. The van der Waals surface area contributed by atoms with Crippen molar-refractivity contribution in [2.45, 2.75) is 26.4 Å². The number of benzene rings is 3. The molecule has 3 aromatic carbocycles. The lowest BCUT2D eigenvalue weighted by Crippen LogP contribution is -2.31. The molecule has 158 valence electrons. The van der Waals surface area contributed by atoms with Crippen molar-refractivity contribution in [1.82, 2.24) is 25.6 Å². The second-order valence-electron chi connectivity index (χ2n) is 7.59. The first kappa shape index (κ1) is 20.3. The zero-order chi connectivity index (χ0) is 21.8. The van der Waals surface area contributed by atoms with Gasteiger partial charge < -0.3 is 16.0 Å². The molecule has 0 aliphatic carbocycles. The van der Waals surface area contributed by atoms with E-state index in [0.29, 0.717) is 24.2 Å². The van der Waals surface area contributed by atoms with Crippen LogP contribution < -0.4 is 16.0 Å². The summed E-state index contributed by atoms with van der Waals surface area (Å²) in [5.74, 6) is -0.140. The number of fused-ring (bicyclic) bond motifs is 2. The smallest absolute Gasteiger partial charge is 0.319 e. The summed E-state index contributed by atoms with van der Waals surface area (Å²) in [6, 6.07) is 18.8. The first-order valence-electron chi connectivity index (χ1n) is 10.2. The van der Waals surface area contributed by atoms with Gasteiger partial charge in [-0.15, -0.1) is 5.10 Å². The Labute approximate surface area is 179 Å². The number of carbonyl (C=O) groups is 2. The average molecular weight is 416 g/mol. The van der Waals surface area contributed by atoms with Gasteiger partial charge in [0.2, 0.25) is 0 Å². The molecule has 8 heteroatoms. The Bertz CT molecular complexity index is 1250. The molecule has 0 saturated heterocycles. The highest BCUT2D eigenvalue weighted by Crippen LogP contribution is 2.18. The topological polar surface area (TPSA) is 101 Å². The van der Waals surface area contributed by atoms with E-state index in [1.54, 1.807) is 16.8 Å². The van der Waals surface area contributed by atoms with Gasteiger partial charge in [-0.2, -0.15) is 0 Å². The van der Waals surface area contributed by atoms with Crippen LogP contribution in [0.5, 0.6) is 0 Å². The van der Waals surface area contributed by atoms with Crippen LogP contribution in [-0.2, 0) is 6.54 Å². The fourth-order valence-electron chi connectivity index (χ4n) is 3.34. The molecule has 4 rings (SSSR count). The summed E-state index contributed by atoms with van der Waals surface area (Å²) < 4.78 is 1.70. The zero-order valence-corrected chi connectivity index (χ0v) is 17.4. The van der Waals surface area contributed by atoms with Crippen molar-refractivity contribution in [3.8, 4) is 0 Å². The van der Waals surface area contributed by atoms with E-state index in [2.05, 4.69) is 26.3 Å². The summed E-state index contributed by atoms with van der Waals surface area (Å²) in [4.78, 5) is 24.4. The third kappa shape index (κ3) is 4.80. The minimum atomic E-state index is -0.285. The number of nitrogens with one attached hydrogen (secondary N) is 3. The molecule has 3 amide bonds. The number of amides is 3. The van der Waals surface area contributed by atoms with Crippen LogP contribution in [0, 0.1) is 0 Å². The standard InChI is InChI=1S/C23H24N6O2/c1-15(2)25-22(30)18-8-10-21-20(14-18)27-28-29(21)12-11-24-23(31)26-19-9-7-16-5-3-4-6-17(16)13-19/h3-10,13-15H,11-12H2,1-2H3,(H,25,30)(H2,24,26,31). The van der Waals surface area contributed by atoms with Gasteiger partial charge in [-0.1, -0.05) is 35.5 Å². The van der Waals surface area contributed by atoms with Gasteiger partial charge in [-0.3, -0.25) is 4.79 Å². The Morgan fingerprint density at radius 2 is 1.81 bits per heavy atom. The van der Waals surface area contributed by atoms with Crippen LogP contribution in [0.3, 0.4) is 0 Å². The van der Waals surface area contributed by atoms with E-state index in [9.17, 15) is 9.59 Å². The Hall–Kier alpha value is -3.94. The first-order valence-corrected chi connectivity index (χ1v) is 10.2. The molecule has 0 saturated carbocycles. The molecule has 0 atom stereocenters. The van der Waals surface area contributed by atoms with E-state index in [4.69, 9.17) is 0 Å². The lowest BCUT2D eigenvalue weighted by atomic mass is 10.1. The van der Waals surface area contributed by atoms with E-state index < -0.39 is 0 Å². The van der Waals surface area contributed by atoms with Crippen molar-refractivity contribution in [3.05, 3.63) is 66.2 Å². The second-order valence-corrected chi connectivity index (χ2v) is 7.59. The molecule has 1 aromatic heterocycles. The maximum absolute atomic E-state index is 12.2. The highest BCUT2D eigenvalue weighted by Gasteiger charge is 2.11. The van der Waals surface area contributed by atoms with Gasteiger partial charge in [-0.25, -0.2) is 9.48 Å². The summed E-state index contributed by atoms with van der Waals surface area (Å²) >= 11 is 0. The van der Waals surface area contributed by atoms with Crippen LogP contribution >= 0.6 is 0 Å². The SMILES string of the molecule is CC(C)NC(=O)c1ccc2c(c1)nnn2CCNC(=O)Nc1ccc2ccccc2c1. The van der Waals surface area contributed by atoms with E-state index in [-0.39, 0.29) is 18.0 Å².